The molecule has 0 saturated heterocycles. The highest BCUT2D eigenvalue weighted by molar-refractivity contribution is 7.10. The van der Waals surface area contributed by atoms with E-state index < -0.39 is 0 Å². The van der Waals surface area contributed by atoms with Gasteiger partial charge in [0.1, 0.15) is 17.2 Å². The van der Waals surface area contributed by atoms with E-state index in [1.807, 2.05) is 0 Å². The molecule has 0 aliphatic heterocycles. The molecule has 0 aromatic carbocycles. The van der Waals surface area contributed by atoms with Gasteiger partial charge in [0, 0.05) is 4.88 Å². The number of thiophene rings is 1. The van der Waals surface area contributed by atoms with Gasteiger partial charge in [-0.3, -0.25) is 0 Å². The normalized spacial score (nSPS) is 10.4. The molecule has 0 fully saturated rings. The van der Waals surface area contributed by atoms with Gasteiger partial charge in [0.25, 0.3) is 0 Å². The predicted molar refractivity (Wildman–Crippen MR) is 67.8 cm³/mol. The molecule has 0 aliphatic rings. The van der Waals surface area contributed by atoms with Crippen molar-refractivity contribution in [2.24, 2.45) is 0 Å². The highest BCUT2D eigenvalue weighted by Crippen LogP contribution is 2.24. The summed E-state index contributed by atoms with van der Waals surface area (Å²) in [5, 5.41) is 5.57. The van der Waals surface area contributed by atoms with Crippen LogP contribution in [0, 0.1) is 6.92 Å². The van der Waals surface area contributed by atoms with Gasteiger partial charge in [0.2, 0.25) is 0 Å². The number of rotatable bonds is 3. The van der Waals surface area contributed by atoms with Crippen LogP contribution in [-0.4, -0.2) is 9.97 Å². The van der Waals surface area contributed by atoms with Crippen LogP contribution in [0.3, 0.4) is 0 Å². The topological polar surface area (TPSA) is 63.8 Å². The predicted octanol–water partition coefficient (Wildman–Crippen LogP) is 2.69. The second-order valence-corrected chi connectivity index (χ2v) is 4.68. The maximum atomic E-state index is 5.96. The maximum Gasteiger partial charge on any atom is 0.150 e. The average molecular weight is 255 g/mol. The first-order chi connectivity index (χ1) is 7.68. The van der Waals surface area contributed by atoms with Crippen molar-refractivity contribution in [1.29, 1.82) is 0 Å². The fraction of sp³-hybridized carbons (Fsp3) is 0.200. The first kappa shape index (κ1) is 11.2. The number of halogens is 1. The molecule has 0 spiro atoms. The first-order valence-corrected chi connectivity index (χ1v) is 5.97. The molecule has 0 aliphatic carbocycles. The Labute approximate surface area is 102 Å². The minimum Gasteiger partial charge on any atom is -0.382 e. The van der Waals surface area contributed by atoms with E-state index in [-0.39, 0.29) is 0 Å². The highest BCUT2D eigenvalue weighted by atomic mass is 35.5. The molecular formula is C10H11ClN4S. The smallest absolute Gasteiger partial charge is 0.150 e. The van der Waals surface area contributed by atoms with Gasteiger partial charge in [-0.05, 0) is 23.9 Å². The largest absolute Gasteiger partial charge is 0.382 e. The number of aromatic nitrogens is 2. The third kappa shape index (κ3) is 2.25. The van der Waals surface area contributed by atoms with Crippen molar-refractivity contribution in [3.05, 3.63) is 33.2 Å². The summed E-state index contributed by atoms with van der Waals surface area (Å²) in [7, 11) is 0. The van der Waals surface area contributed by atoms with Crippen LogP contribution in [-0.2, 0) is 6.54 Å². The van der Waals surface area contributed by atoms with Crippen LogP contribution in [0.15, 0.2) is 17.8 Å². The molecule has 0 amide bonds. The molecule has 2 aromatic heterocycles. The first-order valence-electron chi connectivity index (χ1n) is 4.71. The van der Waals surface area contributed by atoms with E-state index in [1.54, 1.807) is 11.3 Å². The van der Waals surface area contributed by atoms with Gasteiger partial charge in [-0.2, -0.15) is 0 Å². The second-order valence-electron chi connectivity index (χ2n) is 3.30. The van der Waals surface area contributed by atoms with E-state index in [0.29, 0.717) is 23.2 Å². The Morgan fingerprint density at radius 1 is 1.50 bits per heavy atom. The van der Waals surface area contributed by atoms with Crippen molar-refractivity contribution in [2.75, 3.05) is 11.1 Å². The molecule has 2 aromatic rings. The van der Waals surface area contributed by atoms with Crippen molar-refractivity contribution < 1.29 is 0 Å². The average Bonchev–Trinajstić information content (AvgIpc) is 2.67. The molecule has 4 nitrogen and oxygen atoms in total. The van der Waals surface area contributed by atoms with Crippen molar-refractivity contribution in [3.8, 4) is 0 Å². The molecule has 0 atom stereocenters. The molecule has 0 unspecified atom stereocenters. The van der Waals surface area contributed by atoms with Gasteiger partial charge in [0.05, 0.1) is 6.54 Å². The van der Waals surface area contributed by atoms with Crippen molar-refractivity contribution in [2.45, 2.75) is 13.5 Å². The Hall–Kier alpha value is -1.33. The Bertz CT molecular complexity index is 497. The standard InChI is InChI=1S/C10H11ClN4S/c1-6-2-3-16-7(6)4-13-10-8(11)9(12)14-5-15-10/h2-3,5H,4H2,1H3,(H3,12,13,14,15). The molecule has 16 heavy (non-hydrogen) atoms. The van der Waals surface area contributed by atoms with Gasteiger partial charge >= 0.3 is 0 Å². The fourth-order valence-corrected chi connectivity index (χ4v) is 2.27. The Morgan fingerprint density at radius 3 is 3.00 bits per heavy atom. The van der Waals surface area contributed by atoms with Crippen LogP contribution in [0.1, 0.15) is 10.4 Å². The zero-order valence-corrected chi connectivity index (χ0v) is 10.3. The molecule has 0 radical (unpaired) electrons. The number of nitrogens with one attached hydrogen (secondary N) is 1. The van der Waals surface area contributed by atoms with Gasteiger partial charge in [0.15, 0.2) is 5.82 Å². The molecule has 2 rings (SSSR count). The third-order valence-electron chi connectivity index (χ3n) is 2.20. The number of hydrogen-bond donors (Lipinski definition) is 2. The lowest BCUT2D eigenvalue weighted by Crippen LogP contribution is -2.04. The lowest BCUT2D eigenvalue weighted by atomic mass is 10.3. The summed E-state index contributed by atoms with van der Waals surface area (Å²) in [4.78, 5) is 9.10. The lowest BCUT2D eigenvalue weighted by molar-refractivity contribution is 1.09. The Kier molecular flexibility index (Phi) is 3.26. The number of nitrogen functional groups attached to an aromatic ring is 1. The van der Waals surface area contributed by atoms with E-state index in [1.165, 1.54) is 16.8 Å². The summed E-state index contributed by atoms with van der Waals surface area (Å²) >= 11 is 7.66. The van der Waals surface area contributed by atoms with Gasteiger partial charge in [-0.15, -0.1) is 11.3 Å². The second kappa shape index (κ2) is 4.67. The van der Waals surface area contributed by atoms with E-state index >= 15 is 0 Å². The number of nitrogens with zero attached hydrogens (tertiary/aromatic N) is 2. The third-order valence-corrected chi connectivity index (χ3v) is 3.60. The van der Waals surface area contributed by atoms with E-state index in [9.17, 15) is 0 Å². The van der Waals surface area contributed by atoms with Crippen molar-refractivity contribution in [3.63, 3.8) is 0 Å². The Morgan fingerprint density at radius 2 is 2.31 bits per heavy atom. The number of nitrogens with two attached hydrogens (primary N) is 1. The van der Waals surface area contributed by atoms with Crippen LogP contribution >= 0.6 is 22.9 Å². The Balaban J connectivity index is 2.11. The summed E-state index contributed by atoms with van der Waals surface area (Å²) < 4.78 is 0. The van der Waals surface area contributed by atoms with Crippen LogP contribution in [0.25, 0.3) is 0 Å². The summed E-state index contributed by atoms with van der Waals surface area (Å²) in [5.74, 6) is 0.865. The zero-order valence-electron chi connectivity index (χ0n) is 8.70. The minimum atomic E-state index is 0.294. The zero-order chi connectivity index (χ0) is 11.5. The summed E-state index contributed by atoms with van der Waals surface area (Å²) in [6.07, 6.45) is 1.39. The number of hydrogen-bond acceptors (Lipinski definition) is 5. The summed E-state index contributed by atoms with van der Waals surface area (Å²) in [6.45, 7) is 2.77. The molecular weight excluding hydrogens is 244 g/mol. The molecule has 0 bridgehead atoms. The maximum absolute atomic E-state index is 5.96. The lowest BCUT2D eigenvalue weighted by Gasteiger charge is -2.07. The molecule has 84 valence electrons. The quantitative estimate of drug-likeness (QED) is 0.884. The molecule has 6 heteroatoms. The number of anilines is 2. The minimum absolute atomic E-state index is 0.294. The van der Waals surface area contributed by atoms with Crippen molar-refractivity contribution >= 4 is 34.6 Å². The van der Waals surface area contributed by atoms with E-state index in [4.69, 9.17) is 17.3 Å². The molecule has 2 heterocycles. The van der Waals surface area contributed by atoms with Gasteiger partial charge < -0.3 is 11.1 Å². The van der Waals surface area contributed by atoms with Crippen LogP contribution in [0.2, 0.25) is 5.02 Å². The van der Waals surface area contributed by atoms with Crippen molar-refractivity contribution in [1.82, 2.24) is 9.97 Å². The summed E-state index contributed by atoms with van der Waals surface area (Å²) in [5.41, 5.74) is 6.84. The fourth-order valence-electron chi connectivity index (χ4n) is 1.26. The van der Waals surface area contributed by atoms with Gasteiger partial charge in [-0.25, -0.2) is 9.97 Å². The number of aryl methyl sites for hydroxylation is 1. The van der Waals surface area contributed by atoms with E-state index in [2.05, 4.69) is 33.7 Å². The highest BCUT2D eigenvalue weighted by Gasteiger charge is 2.06. The molecule has 0 saturated carbocycles. The van der Waals surface area contributed by atoms with Crippen LogP contribution in [0.4, 0.5) is 11.6 Å². The molecule has 3 N–H and O–H groups in total. The van der Waals surface area contributed by atoms with E-state index in [0.717, 1.165) is 0 Å². The van der Waals surface area contributed by atoms with Crippen LogP contribution in [0.5, 0.6) is 0 Å². The van der Waals surface area contributed by atoms with Gasteiger partial charge in [-0.1, -0.05) is 11.6 Å². The summed E-state index contributed by atoms with van der Waals surface area (Å²) in [6, 6.07) is 2.08. The monoisotopic (exact) mass is 254 g/mol. The van der Waals surface area contributed by atoms with Crippen LogP contribution < -0.4 is 11.1 Å². The SMILES string of the molecule is Cc1ccsc1CNc1ncnc(N)c1Cl.